The lowest BCUT2D eigenvalue weighted by molar-refractivity contribution is 0.427. The Hall–Kier alpha value is -2.55. The zero-order valence-electron chi connectivity index (χ0n) is 13.9. The molecular weight excluding hydrogens is 448 g/mol. The van der Waals surface area contributed by atoms with Crippen LogP contribution in [0.2, 0.25) is 0 Å². The summed E-state index contributed by atoms with van der Waals surface area (Å²) in [6.07, 6.45) is 0. The molecule has 152 valence electrons. The maximum atomic E-state index is 12.0. The third kappa shape index (κ3) is 2.82. The molecule has 0 aliphatic carbocycles. The molecule has 0 unspecified atom stereocenters. The van der Waals surface area contributed by atoms with Gasteiger partial charge in [0.1, 0.15) is 14.7 Å². The van der Waals surface area contributed by atoms with Gasteiger partial charge in [-0.1, -0.05) is 30.3 Å². The normalized spacial score (nSPS) is 13.6. The van der Waals surface area contributed by atoms with Gasteiger partial charge >= 0.3 is 0 Å². The first-order valence-electron chi connectivity index (χ1n) is 7.62. The fraction of sp³-hybridized carbons (Fsp3) is 0. The van der Waals surface area contributed by atoms with Crippen molar-refractivity contribution in [1.82, 2.24) is 0 Å². The van der Waals surface area contributed by atoms with Crippen molar-refractivity contribution in [3.05, 3.63) is 36.4 Å². The Morgan fingerprint density at radius 1 is 0.621 bits per heavy atom. The van der Waals surface area contributed by atoms with Crippen molar-refractivity contribution in [2.24, 2.45) is 0 Å². The predicted molar refractivity (Wildman–Crippen MR) is 101 cm³/mol. The van der Waals surface area contributed by atoms with Crippen LogP contribution in [0.15, 0.2) is 51.1 Å². The van der Waals surface area contributed by atoms with E-state index in [9.17, 15) is 44.0 Å². The molecular formula is C16H10O10S3. The Morgan fingerprint density at radius 2 is 1.21 bits per heavy atom. The number of hydrogen-bond donors (Lipinski definition) is 4. The highest BCUT2D eigenvalue weighted by atomic mass is 32.2. The zero-order valence-corrected chi connectivity index (χ0v) is 16.4. The van der Waals surface area contributed by atoms with E-state index >= 15 is 0 Å². The van der Waals surface area contributed by atoms with Crippen molar-refractivity contribution in [3.8, 4) is 5.75 Å². The Balaban J connectivity index is 2.59. The van der Waals surface area contributed by atoms with Crippen LogP contribution in [-0.2, 0) is 30.4 Å². The van der Waals surface area contributed by atoms with Crippen LogP contribution in [0.3, 0.4) is 0 Å². The summed E-state index contributed by atoms with van der Waals surface area (Å²) in [7, 11) is -15.7. The van der Waals surface area contributed by atoms with E-state index in [4.69, 9.17) is 0 Å². The molecule has 0 fully saturated rings. The van der Waals surface area contributed by atoms with Gasteiger partial charge in [-0.15, -0.1) is 0 Å². The van der Waals surface area contributed by atoms with Crippen molar-refractivity contribution < 1.29 is 44.0 Å². The maximum Gasteiger partial charge on any atom is 0.298 e. The lowest BCUT2D eigenvalue weighted by Gasteiger charge is -2.18. The minimum atomic E-state index is -5.43. The molecule has 10 nitrogen and oxygen atoms in total. The Kier molecular flexibility index (Phi) is 3.91. The molecule has 0 atom stereocenters. The van der Waals surface area contributed by atoms with E-state index in [1.54, 1.807) is 12.1 Å². The largest absolute Gasteiger partial charge is 0.505 e. The summed E-state index contributed by atoms with van der Waals surface area (Å²) in [4.78, 5) is -3.67. The standard InChI is InChI=1S/C16H10O10S3/c17-14-15(28(21,22)23)9-5-4-7-2-1-3-8-6-10(27(18,19)20)13(12(9)11(7)8)16(14)29(24,25)26/h1-6,17H,(H,18,19,20)(H,21,22,23)(H,24,25,26). The van der Waals surface area contributed by atoms with Gasteiger partial charge in [0.2, 0.25) is 0 Å². The SMILES string of the molecule is O=S(=O)(O)c1c(O)c(S(=O)(=O)O)c2c(S(=O)(=O)O)cc3cccc4ccc1c2c43. The van der Waals surface area contributed by atoms with Crippen molar-refractivity contribution in [2.75, 3.05) is 0 Å². The first-order chi connectivity index (χ1) is 13.2. The Labute approximate surface area is 163 Å². The number of phenolic OH excluding ortho intramolecular Hbond substituents is 1. The van der Waals surface area contributed by atoms with Gasteiger partial charge in [-0.05, 0) is 22.2 Å². The third-order valence-electron chi connectivity index (χ3n) is 4.56. The summed E-state index contributed by atoms with van der Waals surface area (Å²) < 4.78 is 101. The van der Waals surface area contributed by atoms with Gasteiger partial charge in [-0.3, -0.25) is 13.7 Å². The quantitative estimate of drug-likeness (QED) is 0.262. The minimum absolute atomic E-state index is 0.196. The van der Waals surface area contributed by atoms with Crippen molar-refractivity contribution in [2.45, 2.75) is 14.7 Å². The van der Waals surface area contributed by atoms with Crippen LogP contribution in [0.4, 0.5) is 0 Å². The van der Waals surface area contributed by atoms with Gasteiger partial charge in [0, 0.05) is 16.2 Å². The molecule has 0 bridgehead atoms. The van der Waals surface area contributed by atoms with Crippen LogP contribution in [0.1, 0.15) is 0 Å². The average molecular weight is 458 g/mol. The topological polar surface area (TPSA) is 183 Å². The summed E-state index contributed by atoms with van der Waals surface area (Å²) >= 11 is 0. The van der Waals surface area contributed by atoms with E-state index in [-0.39, 0.29) is 16.2 Å². The maximum absolute atomic E-state index is 12.0. The molecule has 0 spiro atoms. The summed E-state index contributed by atoms with van der Waals surface area (Å²) in [6.45, 7) is 0. The second-order valence-electron chi connectivity index (χ2n) is 6.25. The number of aromatic hydroxyl groups is 1. The van der Waals surface area contributed by atoms with Gasteiger partial charge < -0.3 is 5.11 Å². The smallest absolute Gasteiger partial charge is 0.298 e. The van der Waals surface area contributed by atoms with E-state index in [2.05, 4.69) is 0 Å². The molecule has 13 heteroatoms. The molecule has 4 aromatic rings. The Bertz CT molecular complexity index is 1670. The van der Waals surface area contributed by atoms with Crippen molar-refractivity contribution >= 4 is 62.7 Å². The van der Waals surface area contributed by atoms with Gasteiger partial charge in [0.05, 0.1) is 0 Å². The lowest BCUT2D eigenvalue weighted by atomic mass is 9.94. The highest BCUT2D eigenvalue weighted by molar-refractivity contribution is 7.87. The average Bonchev–Trinajstić information content (AvgIpc) is 2.55. The first-order valence-corrected chi connectivity index (χ1v) is 11.9. The van der Waals surface area contributed by atoms with E-state index in [1.165, 1.54) is 12.1 Å². The van der Waals surface area contributed by atoms with Gasteiger partial charge in [-0.2, -0.15) is 25.3 Å². The first kappa shape index (κ1) is 19.8. The van der Waals surface area contributed by atoms with E-state index in [1.807, 2.05) is 0 Å². The predicted octanol–water partition coefficient (Wildman–Crippen LogP) is 2.03. The second-order valence-corrected chi connectivity index (χ2v) is 10.4. The molecule has 0 heterocycles. The molecule has 4 N–H and O–H groups in total. The van der Waals surface area contributed by atoms with Crippen LogP contribution >= 0.6 is 0 Å². The molecule has 0 saturated heterocycles. The van der Waals surface area contributed by atoms with Gasteiger partial charge in [0.25, 0.3) is 30.4 Å². The van der Waals surface area contributed by atoms with E-state index in [0.717, 1.165) is 12.1 Å². The number of phenols is 1. The summed E-state index contributed by atoms with van der Waals surface area (Å²) in [5.74, 6) is -1.58. The van der Waals surface area contributed by atoms with E-state index in [0.29, 0.717) is 5.39 Å². The number of hydrogen-bond acceptors (Lipinski definition) is 7. The van der Waals surface area contributed by atoms with Crippen LogP contribution in [0.5, 0.6) is 5.75 Å². The fourth-order valence-electron chi connectivity index (χ4n) is 3.60. The van der Waals surface area contributed by atoms with E-state index < -0.39 is 61.6 Å². The summed E-state index contributed by atoms with van der Waals surface area (Å²) in [5, 5.41) is 9.69. The fourth-order valence-corrected chi connectivity index (χ4v) is 6.08. The second kappa shape index (κ2) is 5.75. The highest BCUT2D eigenvalue weighted by Crippen LogP contribution is 2.48. The van der Waals surface area contributed by atoms with Crippen LogP contribution in [0, 0.1) is 0 Å². The molecule has 29 heavy (non-hydrogen) atoms. The van der Waals surface area contributed by atoms with Gasteiger partial charge in [0.15, 0.2) is 5.75 Å². The zero-order chi connectivity index (χ0) is 21.5. The molecule has 0 amide bonds. The Morgan fingerprint density at radius 3 is 1.76 bits per heavy atom. The molecule has 0 aliphatic heterocycles. The van der Waals surface area contributed by atoms with Crippen LogP contribution in [0.25, 0.3) is 32.3 Å². The monoisotopic (exact) mass is 458 g/mol. The van der Waals surface area contributed by atoms with Crippen molar-refractivity contribution in [1.29, 1.82) is 0 Å². The molecule has 0 aliphatic rings. The third-order valence-corrected chi connectivity index (χ3v) is 7.28. The summed E-state index contributed by atoms with van der Waals surface area (Å²) in [5.41, 5.74) is 0. The molecule has 4 rings (SSSR count). The minimum Gasteiger partial charge on any atom is -0.505 e. The highest BCUT2D eigenvalue weighted by Gasteiger charge is 2.34. The molecule has 4 aromatic carbocycles. The number of benzene rings is 4. The van der Waals surface area contributed by atoms with Crippen molar-refractivity contribution in [3.63, 3.8) is 0 Å². The van der Waals surface area contributed by atoms with Crippen LogP contribution in [-0.4, -0.2) is 44.0 Å². The molecule has 0 aromatic heterocycles. The molecule has 0 radical (unpaired) electrons. The lowest BCUT2D eigenvalue weighted by Crippen LogP contribution is -2.10. The number of rotatable bonds is 3. The van der Waals surface area contributed by atoms with Gasteiger partial charge in [-0.25, -0.2) is 0 Å². The van der Waals surface area contributed by atoms with Crippen LogP contribution < -0.4 is 0 Å². The molecule has 0 saturated carbocycles. The summed E-state index contributed by atoms with van der Waals surface area (Å²) in [6, 6.07) is 8.03.